The fourth-order valence-electron chi connectivity index (χ4n) is 2.14. The predicted molar refractivity (Wildman–Crippen MR) is 65.9 cm³/mol. The first-order valence-electron chi connectivity index (χ1n) is 5.11. The normalized spacial score (nSPS) is 29.8. The summed E-state index contributed by atoms with van der Waals surface area (Å²) >= 11 is 12.1. The van der Waals surface area contributed by atoms with E-state index < -0.39 is 21.6 Å². The van der Waals surface area contributed by atoms with E-state index in [9.17, 15) is 9.90 Å². The van der Waals surface area contributed by atoms with Crippen LogP contribution in [0.25, 0.3) is 0 Å². The number of ether oxygens (including phenoxy) is 1. The van der Waals surface area contributed by atoms with Crippen molar-refractivity contribution < 1.29 is 14.6 Å². The summed E-state index contributed by atoms with van der Waals surface area (Å²) in [6.07, 6.45) is 0. The first-order valence-corrected chi connectivity index (χ1v) is 5.86. The number of aliphatic carboxylic acids is 1. The molecule has 1 N–H and O–H groups in total. The van der Waals surface area contributed by atoms with Gasteiger partial charge in [0.2, 0.25) is 0 Å². The minimum Gasteiger partial charge on any atom is -0.497 e. The summed E-state index contributed by atoms with van der Waals surface area (Å²) in [4.78, 5) is 11.2. The molecule has 0 unspecified atom stereocenters. The number of halogens is 2. The van der Waals surface area contributed by atoms with E-state index in [-0.39, 0.29) is 0 Å². The van der Waals surface area contributed by atoms with Crippen LogP contribution in [0.1, 0.15) is 18.4 Å². The molecule has 5 heteroatoms. The van der Waals surface area contributed by atoms with Crippen molar-refractivity contribution in [2.75, 3.05) is 7.11 Å². The summed E-state index contributed by atoms with van der Waals surface area (Å²) in [5, 5.41) is 9.19. The molecule has 92 valence electrons. The van der Waals surface area contributed by atoms with Crippen LogP contribution < -0.4 is 4.74 Å². The van der Waals surface area contributed by atoms with Crippen molar-refractivity contribution in [3.8, 4) is 5.75 Å². The minimum absolute atomic E-state index is 0.401. The van der Waals surface area contributed by atoms with E-state index in [1.54, 1.807) is 38.3 Å². The van der Waals surface area contributed by atoms with Gasteiger partial charge in [0, 0.05) is 5.92 Å². The maximum Gasteiger partial charge on any atom is 0.313 e. The predicted octanol–water partition coefficient (Wildman–Crippen LogP) is 3.06. The Labute approximate surface area is 109 Å². The van der Waals surface area contributed by atoms with E-state index in [2.05, 4.69) is 0 Å². The van der Waals surface area contributed by atoms with Gasteiger partial charge in [0.05, 0.1) is 7.11 Å². The fourth-order valence-corrected chi connectivity index (χ4v) is 3.10. The average Bonchev–Trinajstić information content (AvgIpc) is 2.75. The molecule has 0 spiro atoms. The van der Waals surface area contributed by atoms with Crippen molar-refractivity contribution in [1.29, 1.82) is 0 Å². The number of rotatable bonds is 3. The summed E-state index contributed by atoms with van der Waals surface area (Å²) in [6, 6.07) is 7.11. The topological polar surface area (TPSA) is 46.5 Å². The SMILES string of the molecule is COc1ccc([C@@H]2C(Cl)(Cl)[C@@]2(C)C(=O)O)cc1. The Hall–Kier alpha value is -0.930. The Bertz CT molecular complexity index is 455. The van der Waals surface area contributed by atoms with Gasteiger partial charge in [0.25, 0.3) is 0 Å². The second kappa shape index (κ2) is 3.79. The van der Waals surface area contributed by atoms with Crippen molar-refractivity contribution in [3.05, 3.63) is 29.8 Å². The van der Waals surface area contributed by atoms with Crippen LogP contribution in [0.15, 0.2) is 24.3 Å². The molecule has 0 aliphatic heterocycles. The highest BCUT2D eigenvalue weighted by Crippen LogP contribution is 2.74. The molecule has 1 fully saturated rings. The second-order valence-electron chi connectivity index (χ2n) is 4.34. The molecule has 17 heavy (non-hydrogen) atoms. The van der Waals surface area contributed by atoms with Crippen LogP contribution in [-0.4, -0.2) is 22.5 Å². The Morgan fingerprint density at radius 3 is 2.24 bits per heavy atom. The zero-order valence-electron chi connectivity index (χ0n) is 9.41. The molecular weight excluding hydrogens is 263 g/mol. The van der Waals surface area contributed by atoms with Gasteiger partial charge < -0.3 is 9.84 Å². The lowest BCUT2D eigenvalue weighted by Gasteiger charge is -2.05. The first kappa shape index (κ1) is 12.5. The van der Waals surface area contributed by atoms with E-state index in [0.29, 0.717) is 5.75 Å². The number of alkyl halides is 2. The molecular formula is C12H12Cl2O3. The summed E-state index contributed by atoms with van der Waals surface area (Å²) in [5.74, 6) is -0.675. The van der Waals surface area contributed by atoms with Gasteiger partial charge in [-0.05, 0) is 24.6 Å². The van der Waals surface area contributed by atoms with Gasteiger partial charge in [-0.15, -0.1) is 0 Å². The van der Waals surface area contributed by atoms with E-state index in [0.717, 1.165) is 5.56 Å². The number of carbonyl (C=O) groups is 1. The highest BCUT2D eigenvalue weighted by molar-refractivity contribution is 6.54. The largest absolute Gasteiger partial charge is 0.497 e. The molecule has 0 aromatic heterocycles. The van der Waals surface area contributed by atoms with Crippen LogP contribution >= 0.6 is 23.2 Å². The highest BCUT2D eigenvalue weighted by Gasteiger charge is 2.78. The van der Waals surface area contributed by atoms with E-state index in [1.165, 1.54) is 0 Å². The molecule has 1 aliphatic rings. The molecule has 2 atom stereocenters. The van der Waals surface area contributed by atoms with Crippen molar-refractivity contribution in [2.45, 2.75) is 17.2 Å². The lowest BCUT2D eigenvalue weighted by atomic mass is 10.0. The minimum atomic E-state index is -1.26. The maximum atomic E-state index is 11.2. The molecule has 1 aromatic rings. The third-order valence-electron chi connectivity index (χ3n) is 3.44. The van der Waals surface area contributed by atoms with E-state index >= 15 is 0 Å². The zero-order chi connectivity index (χ0) is 12.8. The van der Waals surface area contributed by atoms with Crippen molar-refractivity contribution in [1.82, 2.24) is 0 Å². The summed E-state index contributed by atoms with van der Waals surface area (Å²) in [6.45, 7) is 1.56. The monoisotopic (exact) mass is 274 g/mol. The number of hydrogen-bond donors (Lipinski definition) is 1. The number of benzene rings is 1. The number of hydrogen-bond acceptors (Lipinski definition) is 2. The molecule has 1 aliphatic carbocycles. The molecule has 3 nitrogen and oxygen atoms in total. The molecule has 1 saturated carbocycles. The third-order valence-corrected chi connectivity index (χ3v) is 4.66. The van der Waals surface area contributed by atoms with Crippen LogP contribution in [0.2, 0.25) is 0 Å². The van der Waals surface area contributed by atoms with Gasteiger partial charge in [0.15, 0.2) is 0 Å². The molecule has 2 rings (SSSR count). The standard InChI is InChI=1S/C12H12Cl2O3/c1-11(10(15)16)9(12(11,13)14)7-3-5-8(17-2)6-4-7/h3-6,9H,1-2H3,(H,15,16)/t9-,11+/m0/s1. The third kappa shape index (κ3) is 1.60. The number of carboxylic acids is 1. The zero-order valence-corrected chi connectivity index (χ0v) is 10.9. The Morgan fingerprint density at radius 2 is 1.88 bits per heavy atom. The molecule has 0 saturated heterocycles. The van der Waals surface area contributed by atoms with Gasteiger partial charge in [0.1, 0.15) is 15.5 Å². The average molecular weight is 275 g/mol. The van der Waals surface area contributed by atoms with Crippen molar-refractivity contribution in [2.24, 2.45) is 5.41 Å². The van der Waals surface area contributed by atoms with Crippen LogP contribution in [0.3, 0.4) is 0 Å². The lowest BCUT2D eigenvalue weighted by Crippen LogP contribution is -2.17. The summed E-state index contributed by atoms with van der Waals surface area (Å²) in [5.41, 5.74) is -0.328. The van der Waals surface area contributed by atoms with Crippen molar-refractivity contribution >= 4 is 29.2 Å². The van der Waals surface area contributed by atoms with Crippen LogP contribution in [0.5, 0.6) is 5.75 Å². The molecule has 0 bridgehead atoms. The van der Waals surface area contributed by atoms with Crippen LogP contribution in [0, 0.1) is 5.41 Å². The summed E-state index contributed by atoms with van der Waals surface area (Å²) < 4.78 is 3.78. The lowest BCUT2D eigenvalue weighted by molar-refractivity contribution is -0.142. The van der Waals surface area contributed by atoms with Crippen LogP contribution in [0.4, 0.5) is 0 Å². The van der Waals surface area contributed by atoms with Crippen LogP contribution in [-0.2, 0) is 4.79 Å². The van der Waals surface area contributed by atoms with Gasteiger partial charge in [-0.1, -0.05) is 35.3 Å². The van der Waals surface area contributed by atoms with Gasteiger partial charge in [-0.2, -0.15) is 0 Å². The van der Waals surface area contributed by atoms with E-state index in [1.807, 2.05) is 0 Å². The molecule has 0 radical (unpaired) electrons. The van der Waals surface area contributed by atoms with Gasteiger partial charge >= 0.3 is 5.97 Å². The Morgan fingerprint density at radius 1 is 1.35 bits per heavy atom. The molecule has 0 amide bonds. The second-order valence-corrected chi connectivity index (χ2v) is 5.72. The Balaban J connectivity index is 2.33. The Kier molecular flexibility index (Phi) is 2.79. The highest BCUT2D eigenvalue weighted by atomic mass is 35.5. The van der Waals surface area contributed by atoms with Gasteiger partial charge in [-0.3, -0.25) is 4.79 Å². The van der Waals surface area contributed by atoms with Crippen molar-refractivity contribution in [3.63, 3.8) is 0 Å². The van der Waals surface area contributed by atoms with E-state index in [4.69, 9.17) is 27.9 Å². The smallest absolute Gasteiger partial charge is 0.313 e. The number of methoxy groups -OCH3 is 1. The fraction of sp³-hybridized carbons (Fsp3) is 0.417. The molecule has 0 heterocycles. The summed E-state index contributed by atoms with van der Waals surface area (Å²) in [7, 11) is 1.57. The first-order chi connectivity index (χ1) is 7.85. The maximum absolute atomic E-state index is 11.2. The molecule has 1 aromatic carbocycles. The number of carboxylic acid groups (broad SMARTS) is 1. The van der Waals surface area contributed by atoms with Gasteiger partial charge in [-0.25, -0.2) is 0 Å². The quantitative estimate of drug-likeness (QED) is 0.862.